The fourth-order valence-electron chi connectivity index (χ4n) is 2.29. The van der Waals surface area contributed by atoms with Crippen LogP contribution in [0.3, 0.4) is 0 Å². The number of nitrogens with zero attached hydrogens (tertiary/aromatic N) is 1. The van der Waals surface area contributed by atoms with Gasteiger partial charge in [0.15, 0.2) is 5.90 Å². The molecule has 0 fully saturated rings. The average Bonchev–Trinajstić information content (AvgIpc) is 2.88. The monoisotopic (exact) mass is 283 g/mol. The van der Waals surface area contributed by atoms with E-state index in [4.69, 9.17) is 4.74 Å². The third kappa shape index (κ3) is 3.05. The van der Waals surface area contributed by atoms with Gasteiger partial charge in [-0.3, -0.25) is 0 Å². The number of aliphatic imine (C=N–C) groups is 1. The smallest absolute Gasteiger partial charge is 0.195 e. The summed E-state index contributed by atoms with van der Waals surface area (Å²) in [6, 6.07) is 20.8. The first-order valence-electron chi connectivity index (χ1n) is 6.79. The van der Waals surface area contributed by atoms with E-state index in [1.54, 1.807) is 11.8 Å². The van der Waals surface area contributed by atoms with E-state index in [0.717, 1.165) is 11.7 Å². The largest absolute Gasteiger partial charge is 0.470 e. The highest BCUT2D eigenvalue weighted by Crippen LogP contribution is 2.30. The highest BCUT2D eigenvalue weighted by atomic mass is 32.2. The molecule has 0 unspecified atom stereocenters. The Bertz CT molecular complexity index is 582. The van der Waals surface area contributed by atoms with Crippen molar-refractivity contribution in [2.24, 2.45) is 4.99 Å². The Morgan fingerprint density at radius 3 is 2.35 bits per heavy atom. The summed E-state index contributed by atoms with van der Waals surface area (Å²) >= 11 is 1.76. The van der Waals surface area contributed by atoms with E-state index in [9.17, 15) is 0 Å². The van der Waals surface area contributed by atoms with Crippen LogP contribution in [0.25, 0.3) is 0 Å². The highest BCUT2D eigenvalue weighted by molar-refractivity contribution is 8.00. The molecule has 20 heavy (non-hydrogen) atoms. The number of hydrogen-bond acceptors (Lipinski definition) is 3. The van der Waals surface area contributed by atoms with E-state index in [0.29, 0.717) is 0 Å². The van der Waals surface area contributed by atoms with Crippen LogP contribution in [-0.4, -0.2) is 17.7 Å². The molecule has 2 aromatic carbocycles. The molecule has 0 radical (unpaired) electrons. The summed E-state index contributed by atoms with van der Waals surface area (Å²) in [7, 11) is 0. The summed E-state index contributed by atoms with van der Waals surface area (Å²) in [5, 5.41) is 0. The molecule has 0 N–H and O–H groups in total. The molecule has 2 atom stereocenters. The second kappa shape index (κ2) is 6.14. The summed E-state index contributed by atoms with van der Waals surface area (Å²) in [5.74, 6) is 1.64. The zero-order valence-electron chi connectivity index (χ0n) is 11.4. The first-order valence-corrected chi connectivity index (χ1v) is 7.77. The highest BCUT2D eigenvalue weighted by Gasteiger charge is 2.28. The Balaban J connectivity index is 1.62. The standard InChI is InChI=1S/C17H17NOS/c1-13-17(14-8-4-2-5-9-14)19-16(18-13)12-20-15-10-6-3-7-11-15/h2-11,13,17H,12H2,1H3/t13-,17-/m1/s1. The summed E-state index contributed by atoms with van der Waals surface area (Å²) < 4.78 is 6.01. The molecular formula is C17H17NOS. The molecule has 0 aliphatic carbocycles. The van der Waals surface area contributed by atoms with Crippen LogP contribution in [0, 0.1) is 0 Å². The number of hydrogen-bond donors (Lipinski definition) is 0. The predicted octanol–water partition coefficient (Wildman–Crippen LogP) is 4.34. The molecule has 3 heteroatoms. The maximum Gasteiger partial charge on any atom is 0.195 e. The van der Waals surface area contributed by atoms with Crippen molar-refractivity contribution in [3.63, 3.8) is 0 Å². The second-order valence-corrected chi connectivity index (χ2v) is 5.86. The lowest BCUT2D eigenvalue weighted by molar-refractivity contribution is 0.201. The summed E-state index contributed by atoms with van der Waals surface area (Å²) in [6.07, 6.45) is 0.0579. The van der Waals surface area contributed by atoms with Gasteiger partial charge in [-0.2, -0.15) is 0 Å². The van der Waals surface area contributed by atoms with Crippen LogP contribution in [0.5, 0.6) is 0 Å². The van der Waals surface area contributed by atoms with E-state index in [-0.39, 0.29) is 12.1 Å². The molecule has 2 nitrogen and oxygen atoms in total. The molecular weight excluding hydrogens is 266 g/mol. The van der Waals surface area contributed by atoms with Crippen molar-refractivity contribution in [1.29, 1.82) is 0 Å². The number of benzene rings is 2. The van der Waals surface area contributed by atoms with Gasteiger partial charge in [-0.15, -0.1) is 11.8 Å². The lowest BCUT2D eigenvalue weighted by Gasteiger charge is -2.14. The summed E-state index contributed by atoms with van der Waals surface area (Å²) in [5.41, 5.74) is 1.20. The van der Waals surface area contributed by atoms with Gasteiger partial charge >= 0.3 is 0 Å². The minimum atomic E-state index is 0.0579. The van der Waals surface area contributed by atoms with E-state index in [2.05, 4.69) is 48.3 Å². The Hall–Kier alpha value is -1.74. The average molecular weight is 283 g/mol. The van der Waals surface area contributed by atoms with Crippen molar-refractivity contribution >= 4 is 17.7 Å². The number of thioether (sulfide) groups is 1. The lowest BCUT2D eigenvalue weighted by Crippen LogP contribution is -2.11. The van der Waals surface area contributed by atoms with Crippen molar-refractivity contribution in [2.45, 2.75) is 24.0 Å². The molecule has 102 valence electrons. The second-order valence-electron chi connectivity index (χ2n) is 4.81. The fraction of sp³-hybridized carbons (Fsp3) is 0.235. The third-order valence-electron chi connectivity index (χ3n) is 3.28. The molecule has 3 rings (SSSR count). The molecule has 0 aromatic heterocycles. The van der Waals surface area contributed by atoms with Gasteiger partial charge in [-0.25, -0.2) is 4.99 Å². The van der Waals surface area contributed by atoms with Gasteiger partial charge in [0.1, 0.15) is 6.10 Å². The van der Waals surface area contributed by atoms with Crippen LogP contribution >= 0.6 is 11.8 Å². The van der Waals surface area contributed by atoms with E-state index < -0.39 is 0 Å². The molecule has 1 aliphatic heterocycles. The van der Waals surface area contributed by atoms with Gasteiger partial charge in [0.05, 0.1) is 11.8 Å². The van der Waals surface area contributed by atoms with E-state index >= 15 is 0 Å². The zero-order valence-corrected chi connectivity index (χ0v) is 12.2. The van der Waals surface area contributed by atoms with Crippen LogP contribution < -0.4 is 0 Å². The Morgan fingerprint density at radius 1 is 1.00 bits per heavy atom. The van der Waals surface area contributed by atoms with Crippen molar-refractivity contribution < 1.29 is 4.74 Å². The van der Waals surface area contributed by atoms with Gasteiger partial charge in [-0.1, -0.05) is 48.5 Å². The Kier molecular flexibility index (Phi) is 4.07. The molecule has 0 bridgehead atoms. The van der Waals surface area contributed by atoms with Gasteiger partial charge in [0.2, 0.25) is 0 Å². The maximum absolute atomic E-state index is 6.01. The molecule has 2 aromatic rings. The van der Waals surface area contributed by atoms with Crippen LogP contribution in [0.1, 0.15) is 18.6 Å². The van der Waals surface area contributed by atoms with Gasteiger partial charge in [0.25, 0.3) is 0 Å². The maximum atomic E-state index is 6.01. The molecule has 0 spiro atoms. The predicted molar refractivity (Wildman–Crippen MR) is 84.3 cm³/mol. The van der Waals surface area contributed by atoms with Crippen molar-refractivity contribution in [3.8, 4) is 0 Å². The molecule has 0 saturated carbocycles. The van der Waals surface area contributed by atoms with E-state index in [1.165, 1.54) is 10.5 Å². The zero-order chi connectivity index (χ0) is 13.8. The van der Waals surface area contributed by atoms with Crippen molar-refractivity contribution in [2.75, 3.05) is 5.75 Å². The number of ether oxygens (including phenoxy) is 1. The minimum absolute atomic E-state index is 0.0579. The quantitative estimate of drug-likeness (QED) is 0.779. The topological polar surface area (TPSA) is 21.6 Å². The molecule has 1 heterocycles. The molecule has 0 saturated heterocycles. The fourth-order valence-corrected chi connectivity index (χ4v) is 3.07. The third-order valence-corrected chi connectivity index (χ3v) is 4.28. The van der Waals surface area contributed by atoms with Crippen LogP contribution in [0.15, 0.2) is 70.6 Å². The van der Waals surface area contributed by atoms with Crippen LogP contribution in [-0.2, 0) is 4.74 Å². The van der Waals surface area contributed by atoms with Crippen molar-refractivity contribution in [3.05, 3.63) is 66.2 Å². The van der Waals surface area contributed by atoms with Gasteiger partial charge in [-0.05, 0) is 24.6 Å². The molecule has 0 amide bonds. The first kappa shape index (κ1) is 13.3. The van der Waals surface area contributed by atoms with Crippen molar-refractivity contribution in [1.82, 2.24) is 0 Å². The molecule has 1 aliphatic rings. The SMILES string of the molecule is C[C@H]1N=C(CSc2ccccc2)O[C@H]1c1ccccc1. The normalized spacial score (nSPS) is 21.4. The Labute approximate surface area is 123 Å². The van der Waals surface area contributed by atoms with Gasteiger partial charge < -0.3 is 4.74 Å². The Morgan fingerprint density at radius 2 is 1.65 bits per heavy atom. The first-order chi connectivity index (χ1) is 9.83. The number of rotatable bonds is 4. The minimum Gasteiger partial charge on any atom is -0.470 e. The summed E-state index contributed by atoms with van der Waals surface area (Å²) in [4.78, 5) is 5.88. The van der Waals surface area contributed by atoms with E-state index in [1.807, 2.05) is 24.3 Å². The lowest BCUT2D eigenvalue weighted by atomic mass is 10.0. The van der Waals surface area contributed by atoms with Crippen LogP contribution in [0.4, 0.5) is 0 Å². The summed E-state index contributed by atoms with van der Waals surface area (Å²) in [6.45, 7) is 2.11. The van der Waals surface area contributed by atoms with Crippen LogP contribution in [0.2, 0.25) is 0 Å². The van der Waals surface area contributed by atoms with Gasteiger partial charge in [0, 0.05) is 4.90 Å².